The van der Waals surface area contributed by atoms with E-state index >= 15 is 0 Å². The van der Waals surface area contributed by atoms with E-state index in [2.05, 4.69) is 69.6 Å². The van der Waals surface area contributed by atoms with Gasteiger partial charge in [0.2, 0.25) is 0 Å². The van der Waals surface area contributed by atoms with Gasteiger partial charge >= 0.3 is 0 Å². The van der Waals surface area contributed by atoms with Gasteiger partial charge in [0.05, 0.1) is 0 Å². The molecule has 3 rings (SSSR count). The lowest BCUT2D eigenvalue weighted by Crippen LogP contribution is -2.39. The number of nitrogens with zero attached hydrogens (tertiary/aromatic N) is 4. The van der Waals surface area contributed by atoms with Crippen LogP contribution in [0.2, 0.25) is 0 Å². The van der Waals surface area contributed by atoms with Crippen LogP contribution in [0.4, 0.5) is 0 Å². The predicted molar refractivity (Wildman–Crippen MR) is 121 cm³/mol. The van der Waals surface area contributed by atoms with Gasteiger partial charge in [-0.1, -0.05) is 37.3 Å². The summed E-state index contributed by atoms with van der Waals surface area (Å²) in [6.45, 7) is 7.59. The van der Waals surface area contributed by atoms with Crippen molar-refractivity contribution < 1.29 is 0 Å². The Bertz CT molecular complexity index is 708. The summed E-state index contributed by atoms with van der Waals surface area (Å²) in [7, 11) is 0. The third-order valence-electron chi connectivity index (χ3n) is 4.95. The summed E-state index contributed by atoms with van der Waals surface area (Å²) in [4.78, 5) is 4.86. The molecule has 2 aromatic rings. The van der Waals surface area contributed by atoms with Crippen molar-refractivity contribution in [2.24, 2.45) is 10.4 Å². The van der Waals surface area contributed by atoms with Crippen LogP contribution in [0.3, 0.4) is 0 Å². The Morgan fingerprint density at radius 3 is 2.63 bits per heavy atom. The number of nitrogens with one attached hydrogen (secondary N) is 2. The van der Waals surface area contributed by atoms with E-state index in [1.165, 1.54) is 18.4 Å². The van der Waals surface area contributed by atoms with E-state index in [9.17, 15) is 0 Å². The van der Waals surface area contributed by atoms with Crippen molar-refractivity contribution in [3.63, 3.8) is 0 Å². The smallest absolute Gasteiger partial charge is 0.191 e. The fourth-order valence-electron chi connectivity index (χ4n) is 3.22. The average molecular weight is 482 g/mol. The van der Waals surface area contributed by atoms with Crippen molar-refractivity contribution in [1.82, 2.24) is 25.4 Å². The van der Waals surface area contributed by atoms with Gasteiger partial charge < -0.3 is 15.2 Å². The van der Waals surface area contributed by atoms with Crippen LogP contribution in [0.5, 0.6) is 0 Å². The van der Waals surface area contributed by atoms with Crippen LogP contribution in [0.15, 0.2) is 41.7 Å². The highest BCUT2D eigenvalue weighted by Crippen LogP contribution is 2.48. The lowest BCUT2D eigenvalue weighted by atomic mass is 9.97. The van der Waals surface area contributed by atoms with Crippen LogP contribution in [0.25, 0.3) is 0 Å². The topological polar surface area (TPSA) is 67.1 Å². The Balaban J connectivity index is 0.00000261. The number of aromatic nitrogens is 3. The van der Waals surface area contributed by atoms with Crippen molar-refractivity contribution in [2.45, 2.75) is 46.1 Å². The summed E-state index contributed by atoms with van der Waals surface area (Å²) in [6.07, 6.45) is 6.35. The Labute approximate surface area is 179 Å². The number of hydrogen-bond donors (Lipinski definition) is 2. The van der Waals surface area contributed by atoms with E-state index in [1.54, 1.807) is 6.33 Å². The molecular formula is C20H31IN6. The van der Waals surface area contributed by atoms with Gasteiger partial charge in [0.15, 0.2) is 5.96 Å². The lowest BCUT2D eigenvalue weighted by Gasteiger charge is -2.16. The molecule has 1 aliphatic rings. The molecule has 0 atom stereocenters. The van der Waals surface area contributed by atoms with Crippen molar-refractivity contribution in [1.29, 1.82) is 0 Å². The molecule has 1 aromatic carbocycles. The van der Waals surface area contributed by atoms with Gasteiger partial charge in [-0.15, -0.1) is 34.2 Å². The molecule has 0 unspecified atom stereocenters. The van der Waals surface area contributed by atoms with E-state index < -0.39 is 0 Å². The maximum Gasteiger partial charge on any atom is 0.191 e. The molecule has 0 bridgehead atoms. The SMILES string of the molecule is CCNC(=NCC1(Cc2ccccc2)CC1)NCCn1cnnc1CC.I. The Morgan fingerprint density at radius 1 is 1.19 bits per heavy atom. The third kappa shape index (κ3) is 6.48. The van der Waals surface area contributed by atoms with E-state index in [0.29, 0.717) is 5.41 Å². The van der Waals surface area contributed by atoms with Crippen LogP contribution in [0, 0.1) is 5.41 Å². The van der Waals surface area contributed by atoms with Gasteiger partial charge in [-0.2, -0.15) is 0 Å². The highest BCUT2D eigenvalue weighted by molar-refractivity contribution is 14.0. The first-order chi connectivity index (χ1) is 12.7. The average Bonchev–Trinajstić information content (AvgIpc) is 3.27. The molecule has 1 aromatic heterocycles. The number of guanidine groups is 1. The molecule has 0 radical (unpaired) electrons. The van der Waals surface area contributed by atoms with Crippen LogP contribution in [-0.4, -0.2) is 40.4 Å². The summed E-state index contributed by atoms with van der Waals surface area (Å²) in [5.41, 5.74) is 1.77. The van der Waals surface area contributed by atoms with Crippen molar-refractivity contribution >= 4 is 29.9 Å². The lowest BCUT2D eigenvalue weighted by molar-refractivity contribution is 0.519. The summed E-state index contributed by atoms with van der Waals surface area (Å²) in [5, 5.41) is 14.9. The summed E-state index contributed by atoms with van der Waals surface area (Å²) < 4.78 is 2.09. The summed E-state index contributed by atoms with van der Waals surface area (Å²) in [5.74, 6) is 1.92. The van der Waals surface area contributed by atoms with Gasteiger partial charge in [-0.3, -0.25) is 4.99 Å². The normalized spacial score (nSPS) is 15.1. The molecule has 148 valence electrons. The molecule has 1 heterocycles. The first-order valence-electron chi connectivity index (χ1n) is 9.67. The minimum absolute atomic E-state index is 0. The van der Waals surface area contributed by atoms with Crippen LogP contribution >= 0.6 is 24.0 Å². The van der Waals surface area contributed by atoms with E-state index in [-0.39, 0.29) is 24.0 Å². The number of hydrogen-bond acceptors (Lipinski definition) is 3. The third-order valence-corrected chi connectivity index (χ3v) is 4.95. The van der Waals surface area contributed by atoms with Crippen LogP contribution in [-0.2, 0) is 19.4 Å². The zero-order valence-electron chi connectivity index (χ0n) is 16.3. The summed E-state index contributed by atoms with van der Waals surface area (Å²) in [6, 6.07) is 10.8. The highest BCUT2D eigenvalue weighted by atomic mass is 127. The largest absolute Gasteiger partial charge is 0.357 e. The van der Waals surface area contributed by atoms with E-state index in [0.717, 1.165) is 50.8 Å². The second-order valence-electron chi connectivity index (χ2n) is 7.08. The number of aryl methyl sites for hydroxylation is 1. The predicted octanol–water partition coefficient (Wildman–Crippen LogP) is 3.04. The zero-order valence-corrected chi connectivity index (χ0v) is 18.6. The molecule has 0 spiro atoms. The maximum absolute atomic E-state index is 4.86. The van der Waals surface area contributed by atoms with Gasteiger partial charge in [0, 0.05) is 32.6 Å². The van der Waals surface area contributed by atoms with Crippen molar-refractivity contribution in [2.75, 3.05) is 19.6 Å². The number of aliphatic imine (C=N–C) groups is 1. The number of rotatable bonds is 9. The van der Waals surface area contributed by atoms with Gasteiger partial charge in [0.25, 0.3) is 0 Å². The molecule has 2 N–H and O–H groups in total. The molecular weight excluding hydrogens is 451 g/mol. The van der Waals surface area contributed by atoms with Crippen molar-refractivity contribution in [3.05, 3.63) is 48.0 Å². The van der Waals surface area contributed by atoms with E-state index in [4.69, 9.17) is 4.99 Å². The first-order valence-corrected chi connectivity index (χ1v) is 9.67. The molecule has 1 aliphatic carbocycles. The van der Waals surface area contributed by atoms with Crippen LogP contribution < -0.4 is 10.6 Å². The Morgan fingerprint density at radius 2 is 1.96 bits per heavy atom. The highest BCUT2D eigenvalue weighted by Gasteiger charge is 2.42. The fraction of sp³-hybridized carbons (Fsp3) is 0.550. The van der Waals surface area contributed by atoms with Gasteiger partial charge in [0.1, 0.15) is 12.2 Å². The maximum atomic E-state index is 4.86. The Kier molecular flexibility index (Phi) is 8.53. The molecule has 27 heavy (non-hydrogen) atoms. The molecule has 7 heteroatoms. The summed E-state index contributed by atoms with van der Waals surface area (Å²) >= 11 is 0. The standard InChI is InChI=1S/C20H30N6.HI/c1-3-18-25-24-16-26(18)13-12-22-19(21-4-2)23-15-20(10-11-20)14-17-8-6-5-7-9-17;/h5-9,16H,3-4,10-15H2,1-2H3,(H2,21,22,23);1H. The molecule has 0 aliphatic heterocycles. The molecule has 1 fully saturated rings. The minimum atomic E-state index is 0. The second kappa shape index (κ2) is 10.6. The number of benzene rings is 1. The number of halogens is 1. The fourth-order valence-corrected chi connectivity index (χ4v) is 3.22. The van der Waals surface area contributed by atoms with Crippen LogP contribution in [0.1, 0.15) is 38.1 Å². The second-order valence-corrected chi connectivity index (χ2v) is 7.08. The first kappa shape index (κ1) is 21.7. The molecule has 0 amide bonds. The Hall–Kier alpha value is -1.64. The molecule has 0 saturated heterocycles. The minimum Gasteiger partial charge on any atom is -0.357 e. The van der Waals surface area contributed by atoms with Gasteiger partial charge in [-0.05, 0) is 37.2 Å². The monoisotopic (exact) mass is 482 g/mol. The zero-order chi connectivity index (χ0) is 18.2. The quantitative estimate of drug-likeness (QED) is 0.328. The molecule has 1 saturated carbocycles. The molecule has 6 nitrogen and oxygen atoms in total. The van der Waals surface area contributed by atoms with Crippen molar-refractivity contribution in [3.8, 4) is 0 Å². The van der Waals surface area contributed by atoms with Gasteiger partial charge in [-0.25, -0.2) is 0 Å². The van der Waals surface area contributed by atoms with E-state index in [1.807, 2.05) is 0 Å².